The molecule has 0 bridgehead atoms. The summed E-state index contributed by atoms with van der Waals surface area (Å²) in [6.45, 7) is 0.349. The molecule has 2 aliphatic rings. The Morgan fingerprint density at radius 1 is 0.884 bits per heavy atom. The zero-order valence-electron chi connectivity index (χ0n) is 24.7. The van der Waals surface area contributed by atoms with Gasteiger partial charge in [0.15, 0.2) is 0 Å². The number of fused-ring (bicyclic) bond motifs is 1. The van der Waals surface area contributed by atoms with Crippen molar-refractivity contribution in [3.05, 3.63) is 101 Å². The van der Waals surface area contributed by atoms with E-state index in [1.54, 1.807) is 36.3 Å². The summed E-state index contributed by atoms with van der Waals surface area (Å²) < 4.78 is 5.42. The topological polar surface area (TPSA) is 96.0 Å². The molecule has 1 aliphatic heterocycles. The van der Waals surface area contributed by atoms with E-state index in [9.17, 15) is 19.2 Å². The number of carbonyl (C=O) groups is 4. The van der Waals surface area contributed by atoms with Gasteiger partial charge in [0.05, 0.1) is 18.2 Å². The molecule has 1 N–H and O–H groups in total. The van der Waals surface area contributed by atoms with Crippen LogP contribution in [0.25, 0.3) is 0 Å². The quantitative estimate of drug-likeness (QED) is 0.298. The van der Waals surface area contributed by atoms with Gasteiger partial charge in [-0.05, 0) is 54.7 Å². The van der Waals surface area contributed by atoms with Crippen molar-refractivity contribution in [1.29, 1.82) is 0 Å². The largest absolute Gasteiger partial charge is 0.497 e. The molecule has 4 amide bonds. The summed E-state index contributed by atoms with van der Waals surface area (Å²) in [5.41, 5.74) is 2.58. The molecule has 0 radical (unpaired) electrons. The Morgan fingerprint density at radius 2 is 1.53 bits per heavy atom. The minimum Gasteiger partial charge on any atom is -0.497 e. The van der Waals surface area contributed by atoms with Crippen molar-refractivity contribution in [2.45, 2.75) is 70.0 Å². The smallest absolute Gasteiger partial charge is 0.261 e. The summed E-state index contributed by atoms with van der Waals surface area (Å²) in [7, 11) is 1.59. The Kier molecular flexibility index (Phi) is 9.87. The molecule has 1 heterocycles. The van der Waals surface area contributed by atoms with Crippen LogP contribution in [0.2, 0.25) is 0 Å². The van der Waals surface area contributed by atoms with Crippen LogP contribution in [0.5, 0.6) is 5.75 Å². The minimum atomic E-state index is -0.734. The molecule has 3 aromatic rings. The highest BCUT2D eigenvalue weighted by molar-refractivity contribution is 6.21. The first kappa shape index (κ1) is 30.0. The molecule has 1 fully saturated rings. The number of methoxy groups -OCH3 is 1. The molecule has 1 aliphatic carbocycles. The highest BCUT2D eigenvalue weighted by Crippen LogP contribution is 2.24. The number of benzene rings is 3. The number of nitrogens with zero attached hydrogens (tertiary/aromatic N) is 2. The van der Waals surface area contributed by atoms with E-state index in [-0.39, 0.29) is 49.2 Å². The molecule has 0 aromatic heterocycles. The van der Waals surface area contributed by atoms with Gasteiger partial charge in [0, 0.05) is 32.0 Å². The second kappa shape index (κ2) is 14.1. The molecule has 1 saturated carbocycles. The fourth-order valence-corrected chi connectivity index (χ4v) is 6.04. The van der Waals surface area contributed by atoms with Crippen LogP contribution in [0.1, 0.15) is 76.8 Å². The molecular weight excluding hydrogens is 542 g/mol. The van der Waals surface area contributed by atoms with Gasteiger partial charge in [0.1, 0.15) is 11.8 Å². The maximum atomic E-state index is 14.0. The van der Waals surface area contributed by atoms with Gasteiger partial charge in [-0.1, -0.05) is 73.9 Å². The first-order valence-corrected chi connectivity index (χ1v) is 15.2. The Hall–Kier alpha value is -4.46. The van der Waals surface area contributed by atoms with E-state index >= 15 is 0 Å². The van der Waals surface area contributed by atoms with Crippen molar-refractivity contribution in [1.82, 2.24) is 15.1 Å². The molecule has 1 atom stereocenters. The number of rotatable bonds is 12. The van der Waals surface area contributed by atoms with Crippen LogP contribution >= 0.6 is 0 Å². The van der Waals surface area contributed by atoms with Crippen molar-refractivity contribution in [2.24, 2.45) is 0 Å². The summed E-state index contributed by atoms with van der Waals surface area (Å²) in [6, 6.07) is 23.4. The summed E-state index contributed by atoms with van der Waals surface area (Å²) in [5.74, 6) is -0.376. The maximum Gasteiger partial charge on any atom is 0.261 e. The van der Waals surface area contributed by atoms with Crippen LogP contribution < -0.4 is 10.1 Å². The lowest BCUT2D eigenvalue weighted by molar-refractivity contribution is -0.141. The SMILES string of the molecule is COc1cccc(CN(C(=O)CCCN2C(=O)c3ccccc3C2=O)[C@@H](Cc2ccccc2)C(=O)NC2CCCCC2)c1. The van der Waals surface area contributed by atoms with Gasteiger partial charge in [-0.25, -0.2) is 0 Å². The van der Waals surface area contributed by atoms with Gasteiger partial charge < -0.3 is 15.0 Å². The summed E-state index contributed by atoms with van der Waals surface area (Å²) >= 11 is 0. The number of nitrogens with one attached hydrogen (secondary N) is 1. The fraction of sp³-hybridized carbons (Fsp3) is 0.371. The Bertz CT molecular complexity index is 1420. The lowest BCUT2D eigenvalue weighted by atomic mass is 9.94. The van der Waals surface area contributed by atoms with Crippen LogP contribution in [0, 0.1) is 0 Å². The molecule has 0 unspecified atom stereocenters. The molecule has 3 aromatic carbocycles. The highest BCUT2D eigenvalue weighted by atomic mass is 16.5. The van der Waals surface area contributed by atoms with Crippen molar-refractivity contribution in [3.63, 3.8) is 0 Å². The van der Waals surface area contributed by atoms with Crippen molar-refractivity contribution in [2.75, 3.05) is 13.7 Å². The van der Waals surface area contributed by atoms with Crippen molar-refractivity contribution in [3.8, 4) is 5.75 Å². The molecule has 8 nitrogen and oxygen atoms in total. The van der Waals surface area contributed by atoms with Crippen LogP contribution in [-0.4, -0.2) is 59.2 Å². The zero-order chi connectivity index (χ0) is 30.2. The molecule has 0 spiro atoms. The van der Waals surface area contributed by atoms with Gasteiger partial charge in [0.25, 0.3) is 11.8 Å². The third-order valence-corrected chi connectivity index (χ3v) is 8.36. The molecule has 0 saturated heterocycles. The summed E-state index contributed by atoms with van der Waals surface area (Å²) in [4.78, 5) is 56.5. The second-order valence-electron chi connectivity index (χ2n) is 11.3. The predicted octanol–water partition coefficient (Wildman–Crippen LogP) is 5.16. The average molecular weight is 582 g/mol. The molecule has 5 rings (SSSR count). The van der Waals surface area contributed by atoms with E-state index in [0.717, 1.165) is 36.8 Å². The monoisotopic (exact) mass is 581 g/mol. The highest BCUT2D eigenvalue weighted by Gasteiger charge is 2.36. The zero-order valence-corrected chi connectivity index (χ0v) is 24.7. The van der Waals surface area contributed by atoms with E-state index in [4.69, 9.17) is 4.74 Å². The van der Waals surface area contributed by atoms with E-state index in [0.29, 0.717) is 29.7 Å². The predicted molar refractivity (Wildman–Crippen MR) is 164 cm³/mol. The van der Waals surface area contributed by atoms with Crippen LogP contribution in [-0.2, 0) is 22.6 Å². The van der Waals surface area contributed by atoms with Crippen molar-refractivity contribution < 1.29 is 23.9 Å². The van der Waals surface area contributed by atoms with Crippen LogP contribution in [0.15, 0.2) is 78.9 Å². The van der Waals surface area contributed by atoms with Gasteiger partial charge in [-0.3, -0.25) is 24.1 Å². The number of carbonyl (C=O) groups excluding carboxylic acids is 4. The molecule has 224 valence electrons. The van der Waals surface area contributed by atoms with Crippen LogP contribution in [0.3, 0.4) is 0 Å². The number of ether oxygens (including phenoxy) is 1. The third-order valence-electron chi connectivity index (χ3n) is 8.36. The number of imide groups is 1. The van der Waals surface area contributed by atoms with Crippen LogP contribution in [0.4, 0.5) is 0 Å². The maximum absolute atomic E-state index is 14.0. The number of hydrogen-bond donors (Lipinski definition) is 1. The lowest BCUT2D eigenvalue weighted by Gasteiger charge is -2.33. The number of amides is 4. The first-order valence-electron chi connectivity index (χ1n) is 15.2. The second-order valence-corrected chi connectivity index (χ2v) is 11.3. The minimum absolute atomic E-state index is 0.0827. The van der Waals surface area contributed by atoms with Gasteiger partial charge in [-0.15, -0.1) is 0 Å². The average Bonchev–Trinajstić information content (AvgIpc) is 3.28. The molecular formula is C35H39N3O5. The Labute approximate surface area is 253 Å². The summed E-state index contributed by atoms with van der Waals surface area (Å²) in [5, 5.41) is 3.25. The van der Waals surface area contributed by atoms with E-state index < -0.39 is 6.04 Å². The molecule has 43 heavy (non-hydrogen) atoms. The molecule has 8 heteroatoms. The Balaban J connectivity index is 1.37. The normalized spacial score (nSPS) is 15.6. The standard InChI is InChI=1S/C35H39N3O5/c1-43-28-17-10-14-26(22-28)24-38(32(39)20-11-21-37-34(41)29-18-8-9-19-30(29)35(37)42)31(23-25-12-4-2-5-13-25)33(40)36-27-15-6-3-7-16-27/h2,4-5,8-10,12-14,17-19,22,27,31H,3,6-7,11,15-16,20-21,23-24H2,1H3,(H,36,40)/t31-/m0/s1. The van der Waals surface area contributed by atoms with E-state index in [1.165, 1.54) is 11.3 Å². The van der Waals surface area contributed by atoms with Gasteiger partial charge in [-0.2, -0.15) is 0 Å². The Morgan fingerprint density at radius 3 is 2.21 bits per heavy atom. The third kappa shape index (κ3) is 7.31. The lowest BCUT2D eigenvalue weighted by Crippen LogP contribution is -2.52. The fourth-order valence-electron chi connectivity index (χ4n) is 6.04. The summed E-state index contributed by atoms with van der Waals surface area (Å²) in [6.07, 6.45) is 5.96. The van der Waals surface area contributed by atoms with E-state index in [1.807, 2.05) is 54.6 Å². The van der Waals surface area contributed by atoms with Gasteiger partial charge >= 0.3 is 0 Å². The number of hydrogen-bond acceptors (Lipinski definition) is 5. The van der Waals surface area contributed by atoms with E-state index in [2.05, 4.69) is 5.32 Å². The van der Waals surface area contributed by atoms with Crippen molar-refractivity contribution >= 4 is 23.6 Å². The first-order chi connectivity index (χ1) is 20.9. The van der Waals surface area contributed by atoms with Gasteiger partial charge in [0.2, 0.25) is 11.8 Å².